The van der Waals surface area contributed by atoms with Crippen molar-refractivity contribution < 1.29 is 9.53 Å². The minimum atomic E-state index is -0.398. The number of rotatable bonds is 5. The maximum Gasteiger partial charge on any atom is 0.384 e. The van der Waals surface area contributed by atoms with Crippen LogP contribution >= 0.6 is 0 Å². The van der Waals surface area contributed by atoms with Crippen LogP contribution in [-0.4, -0.2) is 12.6 Å². The predicted octanol–water partition coefficient (Wildman–Crippen LogP) is 2.77. The molecule has 14 heavy (non-hydrogen) atoms. The van der Waals surface area contributed by atoms with Gasteiger partial charge in [-0.05, 0) is 19.8 Å². The molecular weight excluding hydrogens is 176 g/mol. The van der Waals surface area contributed by atoms with Gasteiger partial charge in [-0.2, -0.15) is 0 Å². The monoisotopic (exact) mass is 196 g/mol. The van der Waals surface area contributed by atoms with E-state index in [9.17, 15) is 4.79 Å². The fraction of sp³-hybridized carbons (Fsp3) is 0.750. The molecule has 0 amide bonds. The van der Waals surface area contributed by atoms with Crippen molar-refractivity contribution in [2.45, 2.75) is 46.5 Å². The van der Waals surface area contributed by atoms with Crippen LogP contribution in [0.3, 0.4) is 0 Å². The Morgan fingerprint density at radius 3 is 2.21 bits per heavy atom. The molecule has 0 bridgehead atoms. The van der Waals surface area contributed by atoms with Gasteiger partial charge >= 0.3 is 5.97 Å². The third-order valence-electron chi connectivity index (χ3n) is 1.93. The summed E-state index contributed by atoms with van der Waals surface area (Å²) in [6.07, 6.45) is 4.37. The Morgan fingerprint density at radius 2 is 1.79 bits per heavy atom. The van der Waals surface area contributed by atoms with Gasteiger partial charge in [0.25, 0.3) is 0 Å². The van der Waals surface area contributed by atoms with E-state index in [0.29, 0.717) is 12.5 Å². The maximum atomic E-state index is 11.0. The smallest absolute Gasteiger partial charge is 0.384 e. The molecule has 0 aliphatic carbocycles. The lowest BCUT2D eigenvalue weighted by Gasteiger charge is -2.05. The Kier molecular flexibility index (Phi) is 8.02. The number of carbonyl (C=O) groups excluding carboxylic acids is 1. The quantitative estimate of drug-likeness (QED) is 0.384. The summed E-state index contributed by atoms with van der Waals surface area (Å²) in [4.78, 5) is 11.0. The molecule has 0 aliphatic heterocycles. The largest absolute Gasteiger partial charge is 0.456 e. The van der Waals surface area contributed by atoms with Gasteiger partial charge in [0.1, 0.15) is 0 Å². The summed E-state index contributed by atoms with van der Waals surface area (Å²) in [6, 6.07) is 0. The molecule has 0 saturated heterocycles. The molecule has 0 saturated carbocycles. The van der Waals surface area contributed by atoms with Crippen LogP contribution in [-0.2, 0) is 9.53 Å². The van der Waals surface area contributed by atoms with Crippen LogP contribution in [0.15, 0.2) is 0 Å². The van der Waals surface area contributed by atoms with Crippen LogP contribution in [0.1, 0.15) is 46.5 Å². The molecule has 0 rings (SSSR count). The summed E-state index contributed by atoms with van der Waals surface area (Å²) >= 11 is 0. The second-order valence-electron chi connectivity index (χ2n) is 3.26. The van der Waals surface area contributed by atoms with Gasteiger partial charge < -0.3 is 4.74 Å². The highest BCUT2D eigenvalue weighted by atomic mass is 16.5. The molecular formula is C12H20O2. The Balaban J connectivity index is 4.04. The summed E-state index contributed by atoms with van der Waals surface area (Å²) in [6.45, 7) is 6.46. The number of hydrogen-bond acceptors (Lipinski definition) is 2. The molecule has 0 atom stereocenters. The van der Waals surface area contributed by atoms with Crippen molar-refractivity contribution in [1.29, 1.82) is 0 Å². The fourth-order valence-electron chi connectivity index (χ4n) is 1.31. The summed E-state index contributed by atoms with van der Waals surface area (Å²) in [5, 5.41) is 0. The molecule has 0 unspecified atom stereocenters. The Bertz CT molecular complexity index is 204. The van der Waals surface area contributed by atoms with E-state index in [2.05, 4.69) is 25.7 Å². The molecule has 80 valence electrons. The molecule has 0 aromatic heterocycles. The molecule has 0 N–H and O–H groups in total. The minimum absolute atomic E-state index is 0.356. The zero-order chi connectivity index (χ0) is 10.8. The van der Waals surface area contributed by atoms with E-state index >= 15 is 0 Å². The Hall–Kier alpha value is -0.970. The van der Waals surface area contributed by atoms with E-state index in [4.69, 9.17) is 4.74 Å². The van der Waals surface area contributed by atoms with Crippen LogP contribution in [0, 0.1) is 17.8 Å². The zero-order valence-electron chi connectivity index (χ0n) is 9.43. The summed E-state index contributed by atoms with van der Waals surface area (Å²) in [5.41, 5.74) is 0. The summed E-state index contributed by atoms with van der Waals surface area (Å²) < 4.78 is 4.74. The fourth-order valence-corrected chi connectivity index (χ4v) is 1.31. The number of carbonyl (C=O) groups is 1. The molecule has 0 aromatic rings. The van der Waals surface area contributed by atoms with Gasteiger partial charge in [0.05, 0.1) is 6.61 Å². The van der Waals surface area contributed by atoms with Crippen molar-refractivity contribution in [1.82, 2.24) is 0 Å². The highest BCUT2D eigenvalue weighted by molar-refractivity contribution is 5.88. The summed E-state index contributed by atoms with van der Waals surface area (Å²) in [5.74, 6) is 5.48. The van der Waals surface area contributed by atoms with Gasteiger partial charge in [-0.1, -0.05) is 32.6 Å². The van der Waals surface area contributed by atoms with E-state index in [1.165, 1.54) is 0 Å². The van der Waals surface area contributed by atoms with Gasteiger partial charge in [0.2, 0.25) is 0 Å². The van der Waals surface area contributed by atoms with E-state index < -0.39 is 5.97 Å². The zero-order valence-corrected chi connectivity index (χ0v) is 9.43. The van der Waals surface area contributed by atoms with Gasteiger partial charge in [-0.3, -0.25) is 0 Å². The molecule has 0 heterocycles. The Labute approximate surface area is 87.0 Å². The Morgan fingerprint density at radius 1 is 1.21 bits per heavy atom. The number of ether oxygens (including phenoxy) is 1. The first-order chi connectivity index (χ1) is 6.74. The third-order valence-corrected chi connectivity index (χ3v) is 1.93. The van der Waals surface area contributed by atoms with Crippen LogP contribution in [0.4, 0.5) is 0 Å². The van der Waals surface area contributed by atoms with Gasteiger partial charge in [-0.15, -0.1) is 0 Å². The second kappa shape index (κ2) is 8.62. The number of esters is 1. The maximum absolute atomic E-state index is 11.0. The molecule has 0 aromatic carbocycles. The molecule has 0 spiro atoms. The van der Waals surface area contributed by atoms with Crippen molar-refractivity contribution >= 4 is 5.97 Å². The average Bonchev–Trinajstić information content (AvgIpc) is 2.15. The first kappa shape index (κ1) is 13.0. The highest BCUT2D eigenvalue weighted by Crippen LogP contribution is 2.11. The molecule has 0 aliphatic rings. The topological polar surface area (TPSA) is 26.3 Å². The van der Waals surface area contributed by atoms with E-state index in [-0.39, 0.29) is 0 Å². The van der Waals surface area contributed by atoms with E-state index in [0.717, 1.165) is 25.7 Å². The lowest BCUT2D eigenvalue weighted by molar-refractivity contribution is -0.136. The van der Waals surface area contributed by atoms with Gasteiger partial charge in [-0.25, -0.2) is 4.79 Å². The standard InChI is InChI=1S/C12H20O2/c1-4-7-11(8-5-2)9-10-12(13)14-6-3/h11H,4-8H2,1-3H3. The van der Waals surface area contributed by atoms with Crippen molar-refractivity contribution in [3.63, 3.8) is 0 Å². The van der Waals surface area contributed by atoms with Crippen LogP contribution in [0.2, 0.25) is 0 Å². The SMILES string of the molecule is CCCC(C#CC(=O)OCC)CCC. The third kappa shape index (κ3) is 6.54. The van der Waals surface area contributed by atoms with Crippen molar-refractivity contribution in [2.24, 2.45) is 5.92 Å². The minimum Gasteiger partial charge on any atom is -0.456 e. The van der Waals surface area contributed by atoms with Gasteiger partial charge in [0, 0.05) is 11.8 Å². The van der Waals surface area contributed by atoms with Gasteiger partial charge in [0.15, 0.2) is 0 Å². The van der Waals surface area contributed by atoms with Crippen molar-refractivity contribution in [3.8, 4) is 11.8 Å². The first-order valence-corrected chi connectivity index (χ1v) is 5.42. The molecule has 2 heteroatoms. The van der Waals surface area contributed by atoms with Crippen molar-refractivity contribution in [3.05, 3.63) is 0 Å². The normalized spacial score (nSPS) is 9.43. The molecule has 0 fully saturated rings. The van der Waals surface area contributed by atoms with E-state index in [1.807, 2.05) is 0 Å². The second-order valence-corrected chi connectivity index (χ2v) is 3.26. The average molecular weight is 196 g/mol. The molecule has 0 radical (unpaired) electrons. The van der Waals surface area contributed by atoms with Crippen LogP contribution < -0.4 is 0 Å². The highest BCUT2D eigenvalue weighted by Gasteiger charge is 2.02. The van der Waals surface area contributed by atoms with Crippen LogP contribution in [0.25, 0.3) is 0 Å². The van der Waals surface area contributed by atoms with Crippen LogP contribution in [0.5, 0.6) is 0 Å². The van der Waals surface area contributed by atoms with E-state index in [1.54, 1.807) is 6.92 Å². The van der Waals surface area contributed by atoms with Crippen molar-refractivity contribution in [2.75, 3.05) is 6.61 Å². The lowest BCUT2D eigenvalue weighted by atomic mass is 9.99. The first-order valence-electron chi connectivity index (χ1n) is 5.42. The lowest BCUT2D eigenvalue weighted by Crippen LogP contribution is -2.02. The predicted molar refractivity (Wildman–Crippen MR) is 57.7 cm³/mol. The molecule has 2 nitrogen and oxygen atoms in total. The number of hydrogen-bond donors (Lipinski definition) is 0. The summed E-state index contributed by atoms with van der Waals surface area (Å²) in [7, 11) is 0.